The van der Waals surface area contributed by atoms with Crippen LogP contribution >= 0.6 is 0 Å². The predicted molar refractivity (Wildman–Crippen MR) is 107 cm³/mol. The first-order valence-corrected chi connectivity index (χ1v) is 9.81. The fraction of sp³-hybridized carbons (Fsp3) is 0.318. The maximum Gasteiger partial charge on any atom is 0.276 e. The number of Topliss-reactive ketones (excluding diaryl/α,β-unsaturated/α-hetero) is 1. The van der Waals surface area contributed by atoms with Crippen LogP contribution in [0, 0.1) is 12.8 Å². The second-order valence-corrected chi connectivity index (χ2v) is 7.40. The summed E-state index contributed by atoms with van der Waals surface area (Å²) in [6.07, 6.45) is 4.84. The highest BCUT2D eigenvalue weighted by Gasteiger charge is 2.31. The molecule has 0 bridgehead atoms. The number of likely N-dealkylation sites (tertiary alicyclic amines) is 1. The first-order valence-electron chi connectivity index (χ1n) is 9.81. The Morgan fingerprint density at radius 1 is 1.10 bits per heavy atom. The molecule has 0 spiro atoms. The topological polar surface area (TPSA) is 81.0 Å². The Morgan fingerprint density at radius 3 is 2.72 bits per heavy atom. The Kier molecular flexibility index (Phi) is 5.46. The molecule has 4 rings (SSSR count). The van der Waals surface area contributed by atoms with E-state index < -0.39 is 0 Å². The van der Waals surface area contributed by atoms with Crippen LogP contribution in [-0.4, -0.2) is 49.7 Å². The van der Waals surface area contributed by atoms with Crippen LogP contribution in [0.1, 0.15) is 44.9 Å². The van der Waals surface area contributed by atoms with E-state index in [0.717, 1.165) is 18.4 Å². The minimum Gasteiger partial charge on any atom is -0.336 e. The van der Waals surface area contributed by atoms with Crippen molar-refractivity contribution in [2.24, 2.45) is 5.92 Å². The van der Waals surface area contributed by atoms with Gasteiger partial charge in [-0.3, -0.25) is 14.6 Å². The van der Waals surface area contributed by atoms with Crippen LogP contribution in [0.5, 0.6) is 0 Å². The van der Waals surface area contributed by atoms with Crippen LogP contribution in [0.15, 0.2) is 54.9 Å². The standard InChI is InChI=1S/C22H23N5O2/c1-16-7-2-3-8-17(16)14-27-15-20(24-25-27)22(29)26-12-6-9-18(13-26)21(28)19-10-4-5-11-23-19/h2-5,7-8,10-11,15,18H,6,9,12-14H2,1H3. The molecule has 1 amide bonds. The number of hydrogen-bond acceptors (Lipinski definition) is 5. The zero-order chi connectivity index (χ0) is 20.2. The maximum absolute atomic E-state index is 12.9. The van der Waals surface area contributed by atoms with Crippen molar-refractivity contribution in [3.63, 3.8) is 0 Å². The zero-order valence-electron chi connectivity index (χ0n) is 16.4. The summed E-state index contributed by atoms with van der Waals surface area (Å²) >= 11 is 0. The third-order valence-corrected chi connectivity index (χ3v) is 5.35. The van der Waals surface area contributed by atoms with Gasteiger partial charge in [0.25, 0.3) is 5.91 Å². The van der Waals surface area contributed by atoms with Gasteiger partial charge in [-0.05, 0) is 43.0 Å². The van der Waals surface area contributed by atoms with Crippen LogP contribution in [-0.2, 0) is 6.54 Å². The molecule has 1 aromatic carbocycles. The first-order chi connectivity index (χ1) is 14.1. The lowest BCUT2D eigenvalue weighted by atomic mass is 9.92. The number of carbonyl (C=O) groups excluding carboxylic acids is 2. The summed E-state index contributed by atoms with van der Waals surface area (Å²) in [6, 6.07) is 13.4. The van der Waals surface area contributed by atoms with Crippen LogP contribution in [0.25, 0.3) is 0 Å². The molecule has 1 saturated heterocycles. The number of hydrogen-bond donors (Lipinski definition) is 0. The number of aromatic nitrogens is 4. The molecule has 0 aliphatic carbocycles. The minimum absolute atomic E-state index is 0.00805. The molecule has 1 fully saturated rings. The molecule has 1 aliphatic heterocycles. The van der Waals surface area contributed by atoms with Gasteiger partial charge >= 0.3 is 0 Å². The van der Waals surface area contributed by atoms with E-state index in [4.69, 9.17) is 0 Å². The highest BCUT2D eigenvalue weighted by Crippen LogP contribution is 2.21. The van der Waals surface area contributed by atoms with Gasteiger partial charge in [-0.2, -0.15) is 0 Å². The van der Waals surface area contributed by atoms with E-state index in [1.807, 2.05) is 31.2 Å². The highest BCUT2D eigenvalue weighted by molar-refractivity contribution is 5.97. The van der Waals surface area contributed by atoms with Gasteiger partial charge in [0, 0.05) is 25.2 Å². The maximum atomic E-state index is 12.9. The van der Waals surface area contributed by atoms with Gasteiger partial charge in [-0.1, -0.05) is 35.5 Å². The molecule has 0 radical (unpaired) electrons. The van der Waals surface area contributed by atoms with Crippen molar-refractivity contribution in [3.05, 3.63) is 77.4 Å². The summed E-state index contributed by atoms with van der Waals surface area (Å²) in [5.41, 5.74) is 3.07. The summed E-state index contributed by atoms with van der Waals surface area (Å²) in [5.74, 6) is -0.421. The molecule has 7 heteroatoms. The molecule has 3 aromatic rings. The Balaban J connectivity index is 1.43. The number of amides is 1. The van der Waals surface area contributed by atoms with E-state index in [2.05, 4.69) is 15.3 Å². The van der Waals surface area contributed by atoms with Gasteiger partial charge in [0.15, 0.2) is 11.5 Å². The fourth-order valence-corrected chi connectivity index (χ4v) is 3.69. The molecule has 3 heterocycles. The average Bonchev–Trinajstić information content (AvgIpc) is 3.23. The summed E-state index contributed by atoms with van der Waals surface area (Å²) in [6.45, 7) is 3.62. The van der Waals surface area contributed by atoms with Gasteiger partial charge in [-0.15, -0.1) is 5.10 Å². The van der Waals surface area contributed by atoms with Crippen LogP contribution in [0.3, 0.4) is 0 Å². The lowest BCUT2D eigenvalue weighted by Crippen LogP contribution is -2.42. The van der Waals surface area contributed by atoms with E-state index >= 15 is 0 Å². The second-order valence-electron chi connectivity index (χ2n) is 7.40. The number of nitrogens with zero attached hydrogens (tertiary/aromatic N) is 5. The van der Waals surface area contributed by atoms with Gasteiger partial charge in [0.2, 0.25) is 0 Å². The van der Waals surface area contributed by atoms with Gasteiger partial charge in [-0.25, -0.2) is 4.68 Å². The molecule has 29 heavy (non-hydrogen) atoms. The van der Waals surface area contributed by atoms with Crippen molar-refractivity contribution in [1.82, 2.24) is 24.9 Å². The third-order valence-electron chi connectivity index (χ3n) is 5.35. The fourth-order valence-electron chi connectivity index (χ4n) is 3.69. The largest absolute Gasteiger partial charge is 0.336 e. The predicted octanol–water partition coefficient (Wildman–Crippen LogP) is 2.76. The molecular weight excluding hydrogens is 366 g/mol. The number of aryl methyl sites for hydroxylation is 1. The van der Waals surface area contributed by atoms with E-state index in [1.165, 1.54) is 5.56 Å². The van der Waals surface area contributed by atoms with E-state index in [0.29, 0.717) is 31.0 Å². The summed E-state index contributed by atoms with van der Waals surface area (Å²) in [7, 11) is 0. The molecule has 2 aromatic heterocycles. The highest BCUT2D eigenvalue weighted by atomic mass is 16.2. The number of ketones is 1. The molecule has 0 saturated carbocycles. The molecule has 1 atom stereocenters. The van der Waals surface area contributed by atoms with Crippen molar-refractivity contribution >= 4 is 11.7 Å². The minimum atomic E-state index is -0.232. The second kappa shape index (κ2) is 8.34. The normalized spacial score (nSPS) is 16.6. The summed E-state index contributed by atoms with van der Waals surface area (Å²) in [5, 5.41) is 8.18. The van der Waals surface area contributed by atoms with Crippen molar-refractivity contribution < 1.29 is 9.59 Å². The van der Waals surface area contributed by atoms with E-state index in [-0.39, 0.29) is 17.6 Å². The lowest BCUT2D eigenvalue weighted by Gasteiger charge is -2.31. The van der Waals surface area contributed by atoms with Crippen LogP contribution < -0.4 is 0 Å². The van der Waals surface area contributed by atoms with Crippen molar-refractivity contribution in [2.75, 3.05) is 13.1 Å². The van der Waals surface area contributed by atoms with Gasteiger partial charge in [0.05, 0.1) is 12.7 Å². The van der Waals surface area contributed by atoms with Gasteiger partial charge in [0.1, 0.15) is 5.69 Å². The Labute approximate surface area is 169 Å². The molecule has 7 nitrogen and oxygen atoms in total. The van der Waals surface area contributed by atoms with Crippen LogP contribution in [0.4, 0.5) is 0 Å². The molecular formula is C22H23N5O2. The van der Waals surface area contributed by atoms with Gasteiger partial charge < -0.3 is 4.90 Å². The number of benzene rings is 1. The monoisotopic (exact) mass is 389 g/mol. The molecule has 1 unspecified atom stereocenters. The number of rotatable bonds is 5. The molecule has 148 valence electrons. The van der Waals surface area contributed by atoms with Crippen molar-refractivity contribution in [3.8, 4) is 0 Å². The third kappa shape index (κ3) is 4.23. The van der Waals surface area contributed by atoms with Crippen LogP contribution in [0.2, 0.25) is 0 Å². The van der Waals surface area contributed by atoms with Crippen molar-refractivity contribution in [1.29, 1.82) is 0 Å². The Morgan fingerprint density at radius 2 is 1.93 bits per heavy atom. The number of pyridine rings is 1. The Bertz CT molecular complexity index is 1010. The average molecular weight is 389 g/mol. The first kappa shape index (κ1) is 19.0. The quantitative estimate of drug-likeness (QED) is 0.627. The summed E-state index contributed by atoms with van der Waals surface area (Å²) in [4.78, 5) is 31.5. The SMILES string of the molecule is Cc1ccccc1Cn1cc(C(=O)N2CCCC(C(=O)c3ccccn3)C2)nn1. The smallest absolute Gasteiger partial charge is 0.276 e. The molecule has 0 N–H and O–H groups in total. The number of carbonyl (C=O) groups is 2. The van der Waals surface area contributed by atoms with Crippen molar-refractivity contribution in [2.45, 2.75) is 26.3 Å². The molecule has 1 aliphatic rings. The Hall–Kier alpha value is -3.35. The van der Waals surface area contributed by atoms with E-state index in [9.17, 15) is 9.59 Å². The van der Waals surface area contributed by atoms with E-state index in [1.54, 1.807) is 40.2 Å². The summed E-state index contributed by atoms with van der Waals surface area (Å²) < 4.78 is 1.68. The number of piperidine rings is 1. The lowest BCUT2D eigenvalue weighted by molar-refractivity contribution is 0.0630. The zero-order valence-corrected chi connectivity index (χ0v) is 16.4.